The Morgan fingerprint density at radius 1 is 1.40 bits per heavy atom. The van der Waals surface area contributed by atoms with Crippen LogP contribution in [-0.4, -0.2) is 17.5 Å². The molecule has 0 bridgehead atoms. The monoisotopic (exact) mass is 103 g/mol. The second kappa shape index (κ2) is 0.925. The van der Waals surface area contributed by atoms with Crippen LogP contribution < -0.4 is 0 Å². The molecule has 0 aromatic heterocycles. The summed E-state index contributed by atoms with van der Waals surface area (Å²) in [7, 11) is -4.67. The topological polar surface area (TPSA) is 74.6 Å². The standard InChI is InChI=1S/H2O4S/c1-5(2,3)4/h(H2,1,2,3,4)/p+5. The molecule has 0 aliphatic carbocycles. The molecule has 0 heterocycles. The minimum absolute atomic E-state index is 0. The summed E-state index contributed by atoms with van der Waals surface area (Å²) in [6.07, 6.45) is 0. The average molecular weight is 103 g/mol. The third-order valence-corrected chi connectivity index (χ3v) is 0. The largest absolute Gasteiger partial charge is 1.00 e. The van der Waals surface area contributed by atoms with Gasteiger partial charge in [0.2, 0.25) is 0 Å². The number of hydrogen-bond donors (Lipinski definition) is 2. The van der Waals surface area contributed by atoms with Crippen LogP contribution >= 0.6 is 0 Å². The zero-order valence-electron chi connectivity index (χ0n) is 7.12. The molecule has 4 nitrogen and oxygen atoms in total. The van der Waals surface area contributed by atoms with E-state index in [4.69, 9.17) is 17.5 Å². The highest BCUT2D eigenvalue weighted by Gasteiger charge is 1.84. The Morgan fingerprint density at radius 3 is 1.40 bits per heavy atom. The van der Waals surface area contributed by atoms with Crippen molar-refractivity contribution in [3.63, 3.8) is 0 Å². The highest BCUT2D eigenvalue weighted by Crippen LogP contribution is 1.59. The zero-order chi connectivity index (χ0) is 4.50. The Labute approximate surface area is 36.4 Å². The smallest absolute Gasteiger partial charge is 0.264 e. The lowest BCUT2D eigenvalue weighted by atomic mass is 15.8. The second-order valence-corrected chi connectivity index (χ2v) is 1.34. The molecule has 0 aromatic carbocycles. The van der Waals surface area contributed by atoms with Gasteiger partial charge in [-0.05, 0) is 0 Å². The molecule has 0 spiro atoms. The molecule has 0 rings (SSSR count). The summed E-state index contributed by atoms with van der Waals surface area (Å²) in [5.41, 5.74) is 0. The van der Waals surface area contributed by atoms with Gasteiger partial charge in [0.05, 0.1) is 0 Å². The van der Waals surface area contributed by atoms with Gasteiger partial charge in [-0.25, -0.2) is 0 Å². The minimum Gasteiger partial charge on any atom is -0.264 e. The lowest BCUT2D eigenvalue weighted by Crippen LogP contribution is -1.89. The quantitative estimate of drug-likeness (QED) is 0.420. The van der Waals surface area contributed by atoms with Crippen LogP contribution in [0.5, 0.6) is 0 Å². The van der Waals surface area contributed by atoms with Crippen molar-refractivity contribution in [2.24, 2.45) is 0 Å². The van der Waals surface area contributed by atoms with E-state index in [1.165, 1.54) is 0 Å². The van der Waals surface area contributed by atoms with E-state index in [0.717, 1.165) is 0 Å². The first-order valence-corrected chi connectivity index (χ1v) is 2.10. The van der Waals surface area contributed by atoms with Gasteiger partial charge in [-0.1, -0.05) is 0 Å². The van der Waals surface area contributed by atoms with Gasteiger partial charge in [0.25, 0.3) is 0 Å². The van der Waals surface area contributed by atoms with Gasteiger partial charge in [-0.15, -0.1) is 0 Å². The van der Waals surface area contributed by atoms with Crippen LogP contribution in [0.2, 0.25) is 0 Å². The first-order valence-electron chi connectivity index (χ1n) is 0.698. The molecule has 0 radical (unpaired) electrons. The maximum absolute atomic E-state index is 8.74. The molecule has 0 aliphatic heterocycles. The number of rotatable bonds is 0. The molecule has 0 aliphatic rings. The Hall–Kier alpha value is -0.130. The van der Waals surface area contributed by atoms with Crippen LogP contribution in [0.25, 0.3) is 0 Å². The highest BCUT2D eigenvalue weighted by molar-refractivity contribution is 7.79. The van der Waals surface area contributed by atoms with Crippen LogP contribution in [0.4, 0.5) is 0 Å². The lowest BCUT2D eigenvalue weighted by Gasteiger charge is -1.68. The van der Waals surface area contributed by atoms with E-state index >= 15 is 0 Å². The average Bonchev–Trinajstić information content (AvgIpc) is 0.722. The lowest BCUT2D eigenvalue weighted by molar-refractivity contribution is 0.381. The van der Waals surface area contributed by atoms with E-state index in [0.29, 0.717) is 0 Å². The Bertz CT molecular complexity index is 96.8. The molecule has 5 heteroatoms. The first-order chi connectivity index (χ1) is 2.00. The molecule has 0 unspecified atom stereocenters. The van der Waals surface area contributed by atoms with E-state index in [9.17, 15) is 0 Å². The first kappa shape index (κ1) is 4.87. The second-order valence-electron chi connectivity index (χ2n) is 0.448. The Kier molecular flexibility index (Phi) is 0.901. The van der Waals surface area contributed by atoms with Crippen molar-refractivity contribution >= 4 is 10.4 Å². The van der Waals surface area contributed by atoms with Gasteiger partial charge in [0.15, 0.2) is 0 Å². The fourth-order valence-corrected chi connectivity index (χ4v) is 0. The summed E-state index contributed by atoms with van der Waals surface area (Å²) < 4.78 is 31.6. The van der Waals surface area contributed by atoms with Crippen molar-refractivity contribution in [1.82, 2.24) is 0 Å². The molecule has 2 N–H and O–H groups in total. The Balaban J connectivity index is -0.00000000800. The molecular weight excluding hydrogens is 96.1 g/mol. The van der Waals surface area contributed by atoms with Crippen molar-refractivity contribution in [3.8, 4) is 0 Å². The summed E-state index contributed by atoms with van der Waals surface area (Å²) in [6.45, 7) is 0. The normalized spacial score (nSPS) is 11.6. The van der Waals surface area contributed by atoms with E-state index in [2.05, 4.69) is 0 Å². The highest BCUT2D eigenvalue weighted by atomic mass is 32.3. The van der Waals surface area contributed by atoms with Crippen molar-refractivity contribution < 1.29 is 24.7 Å². The number of hydrogen-bond acceptors (Lipinski definition) is 2. The van der Waals surface area contributed by atoms with Gasteiger partial charge in [0.1, 0.15) is 0 Å². The molecule has 5 heavy (non-hydrogen) atoms. The van der Waals surface area contributed by atoms with Gasteiger partial charge >= 0.3 is 17.5 Å². The summed E-state index contributed by atoms with van der Waals surface area (Å²) >= 11 is 0. The van der Waals surface area contributed by atoms with Crippen molar-refractivity contribution in [2.45, 2.75) is 0 Å². The minimum atomic E-state index is -4.67. The molecule has 0 saturated heterocycles. The molecule has 32 valence electrons. The molecule has 0 fully saturated rings. The van der Waals surface area contributed by atoms with Gasteiger partial charge in [-0.2, -0.15) is 8.42 Å². The van der Waals surface area contributed by atoms with Gasteiger partial charge in [0, 0.05) is 0 Å². The van der Waals surface area contributed by atoms with E-state index in [1.807, 2.05) is 0 Å². The van der Waals surface area contributed by atoms with Crippen LogP contribution in [0.15, 0.2) is 0 Å². The van der Waals surface area contributed by atoms with Crippen LogP contribution in [0, 0.1) is 0 Å². The third-order valence-electron chi connectivity index (χ3n) is 0. The summed E-state index contributed by atoms with van der Waals surface area (Å²) in [5.74, 6) is 0. The van der Waals surface area contributed by atoms with Crippen molar-refractivity contribution in [2.75, 3.05) is 0 Å². The van der Waals surface area contributed by atoms with Crippen molar-refractivity contribution in [3.05, 3.63) is 0 Å². The molecule has 0 amide bonds. The predicted octanol–water partition coefficient (Wildman–Crippen LogP) is -0.0903. The van der Waals surface area contributed by atoms with Crippen LogP contribution in [0.1, 0.15) is 7.13 Å². The molecule has 0 saturated carbocycles. The molecule has 0 atom stereocenters. The van der Waals surface area contributed by atoms with Gasteiger partial charge in [-0.3, -0.25) is 9.11 Å². The SMILES string of the molecule is O=S(=O)(O)O.[H+].[H+].[H+].[H+].[H+]. The van der Waals surface area contributed by atoms with Crippen molar-refractivity contribution in [1.29, 1.82) is 0 Å². The van der Waals surface area contributed by atoms with E-state index in [-0.39, 0.29) is 7.13 Å². The van der Waals surface area contributed by atoms with Crippen LogP contribution in [0.3, 0.4) is 0 Å². The third kappa shape index (κ3) is 801. The molecule has 0 aromatic rings. The van der Waals surface area contributed by atoms with Crippen LogP contribution in [-0.2, 0) is 10.4 Å². The maximum Gasteiger partial charge on any atom is 1.00 e. The fraction of sp³-hybridized carbons (Fsp3) is 0. The van der Waals surface area contributed by atoms with Gasteiger partial charge < -0.3 is 0 Å². The van der Waals surface area contributed by atoms with E-state index < -0.39 is 10.4 Å². The summed E-state index contributed by atoms with van der Waals surface area (Å²) in [4.78, 5) is 0. The maximum atomic E-state index is 8.74. The summed E-state index contributed by atoms with van der Waals surface area (Å²) in [5, 5.41) is 0. The zero-order valence-corrected chi connectivity index (χ0v) is 2.94. The predicted molar refractivity (Wildman–Crippen MR) is 19.7 cm³/mol. The Morgan fingerprint density at radius 2 is 1.40 bits per heavy atom. The fourth-order valence-electron chi connectivity index (χ4n) is 0. The summed E-state index contributed by atoms with van der Waals surface area (Å²) in [6, 6.07) is 0. The van der Waals surface area contributed by atoms with E-state index in [1.54, 1.807) is 0 Å². The molecular formula is H7O4S+5.